The zero-order valence-electron chi connectivity index (χ0n) is 10.9. The third kappa shape index (κ3) is 4.02. The molecule has 0 aromatic carbocycles. The van der Waals surface area contributed by atoms with E-state index in [9.17, 15) is 4.55 Å². The summed E-state index contributed by atoms with van der Waals surface area (Å²) in [5, 5.41) is 6.26. The molecule has 0 bridgehead atoms. The van der Waals surface area contributed by atoms with Crippen molar-refractivity contribution < 1.29 is 4.55 Å². The highest BCUT2D eigenvalue weighted by Gasteiger charge is 2.10. The minimum atomic E-state index is -1.57. The van der Waals surface area contributed by atoms with Gasteiger partial charge in [0.2, 0.25) is 11.6 Å². The van der Waals surface area contributed by atoms with Gasteiger partial charge in [0.25, 0.3) is 0 Å². The molecule has 2 aromatic rings. The van der Waals surface area contributed by atoms with Crippen LogP contribution in [0.5, 0.6) is 0 Å². The standard InChI is InChI=1S/C11H15BrN6OS/c1-7-5-8(12)6-16-10(7)14-3-2-4-15-11-9(13)17-20(19)18-11/h5-6H,2-4H2,1H3,(H2,13,17)(H,14,16)(H,15,18). The molecule has 9 heteroatoms. The van der Waals surface area contributed by atoms with Crippen molar-refractivity contribution in [2.45, 2.75) is 13.3 Å². The molecule has 4 N–H and O–H groups in total. The largest absolute Gasteiger partial charge is 0.546 e. The third-order valence-corrected chi connectivity index (χ3v) is 3.70. The van der Waals surface area contributed by atoms with Crippen LogP contribution in [0.25, 0.3) is 0 Å². The predicted molar refractivity (Wildman–Crippen MR) is 83.4 cm³/mol. The molecule has 2 aromatic heterocycles. The third-order valence-electron chi connectivity index (χ3n) is 2.57. The number of nitrogens with zero attached hydrogens (tertiary/aromatic N) is 3. The summed E-state index contributed by atoms with van der Waals surface area (Å²) in [6.07, 6.45) is 2.60. The first-order chi connectivity index (χ1) is 9.56. The van der Waals surface area contributed by atoms with Gasteiger partial charge in [-0.15, -0.1) is 0 Å². The monoisotopic (exact) mass is 358 g/mol. The van der Waals surface area contributed by atoms with E-state index in [1.807, 2.05) is 13.0 Å². The minimum absolute atomic E-state index is 0.196. The van der Waals surface area contributed by atoms with E-state index >= 15 is 0 Å². The van der Waals surface area contributed by atoms with Crippen molar-refractivity contribution in [3.8, 4) is 0 Å². The number of hydrogen-bond acceptors (Lipinski definition) is 7. The van der Waals surface area contributed by atoms with Crippen molar-refractivity contribution in [2.75, 3.05) is 29.5 Å². The summed E-state index contributed by atoms with van der Waals surface area (Å²) in [6.45, 7) is 3.42. The molecule has 1 unspecified atom stereocenters. The van der Waals surface area contributed by atoms with Crippen LogP contribution in [0.15, 0.2) is 16.7 Å². The fourth-order valence-corrected chi connectivity index (χ4v) is 2.68. The van der Waals surface area contributed by atoms with Crippen LogP contribution < -0.4 is 16.4 Å². The van der Waals surface area contributed by atoms with E-state index in [4.69, 9.17) is 5.73 Å². The first-order valence-corrected chi connectivity index (χ1v) is 7.87. The maximum absolute atomic E-state index is 11.0. The maximum Gasteiger partial charge on any atom is 0.232 e. The SMILES string of the molecule is Cc1cc(Br)cnc1NCCCNc1n[s+]([O-])nc1N. The maximum atomic E-state index is 11.0. The Morgan fingerprint density at radius 1 is 1.30 bits per heavy atom. The van der Waals surface area contributed by atoms with Crippen molar-refractivity contribution in [2.24, 2.45) is 0 Å². The van der Waals surface area contributed by atoms with Gasteiger partial charge in [-0.2, -0.15) is 0 Å². The van der Waals surface area contributed by atoms with Gasteiger partial charge in [-0.25, -0.2) is 4.98 Å². The second-order valence-electron chi connectivity index (χ2n) is 4.17. The summed E-state index contributed by atoms with van der Waals surface area (Å²) >= 11 is 1.81. The van der Waals surface area contributed by atoms with Crippen molar-refractivity contribution in [3.63, 3.8) is 0 Å². The number of aryl methyl sites for hydroxylation is 1. The van der Waals surface area contributed by atoms with E-state index < -0.39 is 11.1 Å². The van der Waals surface area contributed by atoms with Crippen LogP contribution in [0, 0.1) is 6.92 Å². The Labute approximate surface area is 128 Å². The molecule has 0 radical (unpaired) electrons. The first-order valence-electron chi connectivity index (χ1n) is 6.01. The molecule has 0 amide bonds. The van der Waals surface area contributed by atoms with E-state index in [1.165, 1.54) is 0 Å². The molecule has 2 heterocycles. The minimum Gasteiger partial charge on any atom is -0.546 e. The molecule has 7 nitrogen and oxygen atoms in total. The lowest BCUT2D eigenvalue weighted by atomic mass is 10.3. The Morgan fingerprint density at radius 2 is 2.00 bits per heavy atom. The van der Waals surface area contributed by atoms with Gasteiger partial charge in [0.15, 0.2) is 11.1 Å². The number of pyridine rings is 1. The van der Waals surface area contributed by atoms with Gasteiger partial charge in [0.1, 0.15) is 5.82 Å². The van der Waals surface area contributed by atoms with E-state index in [-0.39, 0.29) is 5.82 Å². The Morgan fingerprint density at radius 3 is 2.60 bits per heavy atom. The highest BCUT2D eigenvalue weighted by atomic mass is 79.9. The Bertz CT molecular complexity index is 590. The van der Waals surface area contributed by atoms with Gasteiger partial charge >= 0.3 is 0 Å². The molecule has 0 saturated carbocycles. The van der Waals surface area contributed by atoms with Crippen LogP contribution in [-0.4, -0.2) is 31.4 Å². The molecule has 0 aliphatic heterocycles. The number of rotatable bonds is 6. The van der Waals surface area contributed by atoms with Crippen LogP contribution in [0.3, 0.4) is 0 Å². The second kappa shape index (κ2) is 6.82. The summed E-state index contributed by atoms with van der Waals surface area (Å²) in [5.41, 5.74) is 6.63. The molecule has 108 valence electrons. The van der Waals surface area contributed by atoms with Gasteiger partial charge in [-0.05, 0) is 40.9 Å². The van der Waals surface area contributed by atoms with Gasteiger partial charge in [0.05, 0.1) is 0 Å². The quantitative estimate of drug-likeness (QED) is 0.535. The number of aromatic nitrogens is 3. The average molecular weight is 359 g/mol. The van der Waals surface area contributed by atoms with Crippen LogP contribution in [0.4, 0.5) is 17.5 Å². The number of nitrogens with one attached hydrogen (secondary N) is 2. The summed E-state index contributed by atoms with van der Waals surface area (Å²) < 4.78 is 19.3. The van der Waals surface area contributed by atoms with Gasteiger partial charge < -0.3 is 20.9 Å². The zero-order chi connectivity index (χ0) is 14.5. The number of nitrogen functional groups attached to an aromatic ring is 1. The van der Waals surface area contributed by atoms with E-state index in [0.29, 0.717) is 12.4 Å². The predicted octanol–water partition coefficient (Wildman–Crippen LogP) is 2.17. The lowest BCUT2D eigenvalue weighted by Gasteiger charge is -2.08. The number of hydrogen-bond donors (Lipinski definition) is 3. The molecule has 0 aliphatic carbocycles. The summed E-state index contributed by atoms with van der Waals surface area (Å²) in [5.74, 6) is 1.47. The lowest BCUT2D eigenvalue weighted by molar-refractivity contribution is 0.585. The van der Waals surface area contributed by atoms with Gasteiger partial charge in [0, 0.05) is 32.5 Å². The average Bonchev–Trinajstić information content (AvgIpc) is 2.70. The number of nitrogens with two attached hydrogens (primary N) is 1. The molecule has 20 heavy (non-hydrogen) atoms. The fourth-order valence-electron chi connectivity index (χ4n) is 1.62. The first kappa shape index (κ1) is 14.9. The molecule has 2 rings (SSSR count). The highest BCUT2D eigenvalue weighted by Crippen LogP contribution is 2.19. The topological polar surface area (TPSA) is 112 Å². The Balaban J connectivity index is 1.73. The van der Waals surface area contributed by atoms with E-state index in [2.05, 4.69) is 40.3 Å². The van der Waals surface area contributed by atoms with Crippen LogP contribution in [0.2, 0.25) is 0 Å². The van der Waals surface area contributed by atoms with Crippen LogP contribution in [-0.2, 0) is 0 Å². The molecule has 0 spiro atoms. The summed E-state index contributed by atoms with van der Waals surface area (Å²) in [4.78, 5) is 4.29. The van der Waals surface area contributed by atoms with Crippen molar-refractivity contribution in [1.29, 1.82) is 0 Å². The molecular formula is C11H15BrN6OS. The highest BCUT2D eigenvalue weighted by molar-refractivity contribution is 9.10. The Hall–Kier alpha value is -1.45. The number of anilines is 3. The summed E-state index contributed by atoms with van der Waals surface area (Å²) in [7, 11) is 0. The molecule has 0 aliphatic rings. The van der Waals surface area contributed by atoms with Crippen molar-refractivity contribution >= 4 is 44.5 Å². The fraction of sp³-hybridized carbons (Fsp3) is 0.364. The van der Waals surface area contributed by atoms with E-state index in [0.717, 1.165) is 28.8 Å². The molecule has 0 saturated heterocycles. The van der Waals surface area contributed by atoms with Crippen molar-refractivity contribution in [3.05, 3.63) is 22.3 Å². The molecule has 1 atom stereocenters. The Kier molecular flexibility index (Phi) is 5.10. The number of halogens is 1. The van der Waals surface area contributed by atoms with Crippen molar-refractivity contribution in [1.82, 2.24) is 13.7 Å². The normalized spacial score (nSPS) is 11.4. The van der Waals surface area contributed by atoms with Gasteiger partial charge in [-0.1, -0.05) is 0 Å². The summed E-state index contributed by atoms with van der Waals surface area (Å²) in [6, 6.07) is 2.01. The van der Waals surface area contributed by atoms with E-state index in [1.54, 1.807) is 6.20 Å². The lowest BCUT2D eigenvalue weighted by Crippen LogP contribution is -2.11. The molecular weight excluding hydrogens is 344 g/mol. The van der Waals surface area contributed by atoms with Crippen LogP contribution >= 0.6 is 27.1 Å². The van der Waals surface area contributed by atoms with Gasteiger partial charge in [-0.3, -0.25) is 0 Å². The second-order valence-corrected chi connectivity index (χ2v) is 5.92. The van der Waals surface area contributed by atoms with Crippen LogP contribution in [0.1, 0.15) is 12.0 Å². The molecule has 0 fully saturated rings. The zero-order valence-corrected chi connectivity index (χ0v) is 13.3. The smallest absolute Gasteiger partial charge is 0.232 e.